The standard InChI is InChI=1S/C29H22F4N6O/c30-23-16-22(29(31,32)33)20(26-35-12-5-13-36-26)15-21(23)28(40)37-27-19-10-9-17(24-8-4-11-34-24)14-25(19)38-39(27)18-6-2-1-3-7-18/h1-3,5-7,9-10,12-16,24,34H,4,8,11H2,(H,37,40). The fraction of sp³-hybridized carbons (Fsp3) is 0.172. The van der Waals surface area contributed by atoms with E-state index in [-0.39, 0.29) is 17.7 Å². The van der Waals surface area contributed by atoms with E-state index in [1.807, 2.05) is 36.4 Å². The summed E-state index contributed by atoms with van der Waals surface area (Å²) in [5.41, 5.74) is -0.0640. The number of benzene rings is 3. The van der Waals surface area contributed by atoms with Crippen LogP contribution in [0.15, 0.2) is 79.1 Å². The number of hydrogen-bond donors (Lipinski definition) is 2. The van der Waals surface area contributed by atoms with E-state index >= 15 is 4.39 Å². The summed E-state index contributed by atoms with van der Waals surface area (Å²) >= 11 is 0. The number of aromatic nitrogens is 4. The lowest BCUT2D eigenvalue weighted by Gasteiger charge is -2.15. The molecule has 0 aliphatic carbocycles. The van der Waals surface area contributed by atoms with Gasteiger partial charge in [-0.05, 0) is 67.4 Å². The van der Waals surface area contributed by atoms with Crippen molar-refractivity contribution in [1.82, 2.24) is 25.1 Å². The third-order valence-electron chi connectivity index (χ3n) is 6.86. The van der Waals surface area contributed by atoms with Crippen molar-refractivity contribution in [3.63, 3.8) is 0 Å². The molecule has 0 spiro atoms. The highest BCUT2D eigenvalue weighted by atomic mass is 19.4. The van der Waals surface area contributed by atoms with Gasteiger partial charge in [0.15, 0.2) is 5.82 Å². The molecule has 1 aliphatic heterocycles. The Morgan fingerprint density at radius 2 is 1.77 bits per heavy atom. The van der Waals surface area contributed by atoms with Gasteiger partial charge in [0.1, 0.15) is 11.6 Å². The average Bonchev–Trinajstić information content (AvgIpc) is 3.62. The number of halogens is 4. The number of amides is 1. The molecule has 0 bridgehead atoms. The highest BCUT2D eigenvalue weighted by Crippen LogP contribution is 2.38. The topological polar surface area (TPSA) is 84.7 Å². The molecule has 0 radical (unpaired) electrons. The summed E-state index contributed by atoms with van der Waals surface area (Å²) in [7, 11) is 0. The number of rotatable bonds is 5. The summed E-state index contributed by atoms with van der Waals surface area (Å²) in [5, 5.41) is 11.4. The van der Waals surface area contributed by atoms with Crippen LogP contribution in [0.3, 0.4) is 0 Å². The van der Waals surface area contributed by atoms with Crippen molar-refractivity contribution in [3.05, 3.63) is 102 Å². The van der Waals surface area contributed by atoms with Gasteiger partial charge in [0.05, 0.1) is 22.3 Å². The summed E-state index contributed by atoms with van der Waals surface area (Å²) in [6, 6.07) is 17.5. The number of carbonyl (C=O) groups excluding carboxylic acids is 1. The van der Waals surface area contributed by atoms with Crippen molar-refractivity contribution >= 4 is 22.6 Å². The minimum Gasteiger partial charge on any atom is -0.310 e. The average molecular weight is 547 g/mol. The molecule has 2 aromatic heterocycles. The SMILES string of the molecule is O=C(Nc1c2ccc(C3CCCN3)cc2nn1-c1ccccc1)c1cc(-c2ncccn2)c(C(F)(F)F)cc1F. The van der Waals surface area contributed by atoms with Crippen LogP contribution in [0.25, 0.3) is 28.0 Å². The second-order valence-electron chi connectivity index (χ2n) is 9.42. The quantitative estimate of drug-likeness (QED) is 0.252. The minimum absolute atomic E-state index is 0.198. The normalized spacial score (nSPS) is 15.4. The molecule has 5 aromatic rings. The van der Waals surface area contributed by atoms with E-state index < -0.39 is 34.6 Å². The van der Waals surface area contributed by atoms with Crippen LogP contribution in [0.1, 0.15) is 40.4 Å². The summed E-state index contributed by atoms with van der Waals surface area (Å²) < 4.78 is 57.9. The predicted octanol–water partition coefficient (Wildman–Crippen LogP) is 6.32. The van der Waals surface area contributed by atoms with E-state index in [0.717, 1.165) is 31.0 Å². The molecule has 1 saturated heterocycles. The molecule has 11 heteroatoms. The molecular formula is C29H22F4N6O. The first kappa shape index (κ1) is 25.6. The first-order valence-corrected chi connectivity index (χ1v) is 12.6. The van der Waals surface area contributed by atoms with Crippen LogP contribution in [0.5, 0.6) is 0 Å². The van der Waals surface area contributed by atoms with Crippen molar-refractivity contribution in [3.8, 4) is 17.1 Å². The Balaban J connectivity index is 1.45. The number of para-hydroxylation sites is 1. The van der Waals surface area contributed by atoms with Crippen molar-refractivity contribution in [2.45, 2.75) is 25.1 Å². The Bertz CT molecular complexity index is 1700. The smallest absolute Gasteiger partial charge is 0.310 e. The molecule has 202 valence electrons. The number of fused-ring (bicyclic) bond motifs is 1. The van der Waals surface area contributed by atoms with Crippen LogP contribution in [-0.4, -0.2) is 32.2 Å². The van der Waals surface area contributed by atoms with E-state index in [1.54, 1.807) is 12.1 Å². The molecule has 2 N–H and O–H groups in total. The lowest BCUT2D eigenvalue weighted by molar-refractivity contribution is -0.137. The Morgan fingerprint density at radius 3 is 2.48 bits per heavy atom. The number of carbonyl (C=O) groups is 1. The zero-order chi connectivity index (χ0) is 27.9. The van der Waals surface area contributed by atoms with Gasteiger partial charge >= 0.3 is 6.18 Å². The van der Waals surface area contributed by atoms with Crippen LogP contribution in [0.4, 0.5) is 23.4 Å². The third kappa shape index (κ3) is 4.79. The van der Waals surface area contributed by atoms with Gasteiger partial charge in [-0.1, -0.05) is 24.3 Å². The van der Waals surface area contributed by atoms with Gasteiger partial charge in [-0.15, -0.1) is 0 Å². The Kier molecular flexibility index (Phi) is 6.51. The van der Waals surface area contributed by atoms with Gasteiger partial charge in [-0.2, -0.15) is 18.3 Å². The summed E-state index contributed by atoms with van der Waals surface area (Å²) in [5.74, 6) is -2.29. The molecule has 1 atom stereocenters. The second-order valence-corrected chi connectivity index (χ2v) is 9.42. The highest BCUT2D eigenvalue weighted by Gasteiger charge is 2.36. The van der Waals surface area contributed by atoms with Gasteiger partial charge in [0.25, 0.3) is 5.91 Å². The highest BCUT2D eigenvalue weighted by molar-refractivity contribution is 6.09. The Labute approximate surface area is 225 Å². The molecule has 1 fully saturated rings. The summed E-state index contributed by atoms with van der Waals surface area (Å²) in [4.78, 5) is 21.2. The zero-order valence-corrected chi connectivity index (χ0v) is 20.9. The van der Waals surface area contributed by atoms with E-state index in [1.165, 1.54) is 23.1 Å². The van der Waals surface area contributed by atoms with Crippen LogP contribution in [0, 0.1) is 5.82 Å². The second kappa shape index (κ2) is 10.2. The molecule has 3 heterocycles. The fourth-order valence-electron chi connectivity index (χ4n) is 4.95. The molecule has 1 amide bonds. The van der Waals surface area contributed by atoms with Crippen LogP contribution in [0.2, 0.25) is 0 Å². The van der Waals surface area contributed by atoms with Crippen molar-refractivity contribution in [2.24, 2.45) is 0 Å². The maximum Gasteiger partial charge on any atom is 0.417 e. The summed E-state index contributed by atoms with van der Waals surface area (Å²) in [6.07, 6.45) is -0.290. The maximum absolute atomic E-state index is 15.1. The molecule has 1 unspecified atom stereocenters. The predicted molar refractivity (Wildman–Crippen MR) is 141 cm³/mol. The van der Waals surface area contributed by atoms with Gasteiger partial charge in [-0.3, -0.25) is 4.79 Å². The van der Waals surface area contributed by atoms with Gasteiger partial charge < -0.3 is 10.6 Å². The Morgan fingerprint density at radius 1 is 1.00 bits per heavy atom. The lowest BCUT2D eigenvalue weighted by atomic mass is 10.0. The van der Waals surface area contributed by atoms with Gasteiger partial charge in [0.2, 0.25) is 0 Å². The zero-order valence-electron chi connectivity index (χ0n) is 20.9. The number of nitrogens with one attached hydrogen (secondary N) is 2. The number of hydrogen-bond acceptors (Lipinski definition) is 5. The number of alkyl halides is 3. The molecular weight excluding hydrogens is 524 g/mol. The molecule has 7 nitrogen and oxygen atoms in total. The largest absolute Gasteiger partial charge is 0.417 e. The third-order valence-corrected chi connectivity index (χ3v) is 6.86. The first-order chi connectivity index (χ1) is 19.3. The number of anilines is 1. The maximum atomic E-state index is 15.1. The van der Waals surface area contributed by atoms with Crippen molar-refractivity contribution in [2.75, 3.05) is 11.9 Å². The van der Waals surface area contributed by atoms with Crippen LogP contribution in [-0.2, 0) is 6.18 Å². The number of nitrogens with zero attached hydrogens (tertiary/aromatic N) is 4. The van der Waals surface area contributed by atoms with E-state index in [2.05, 4.69) is 20.6 Å². The molecule has 3 aromatic carbocycles. The van der Waals surface area contributed by atoms with Crippen LogP contribution >= 0.6 is 0 Å². The van der Waals surface area contributed by atoms with Gasteiger partial charge in [-0.25, -0.2) is 19.0 Å². The van der Waals surface area contributed by atoms with Crippen molar-refractivity contribution < 1.29 is 22.4 Å². The minimum atomic E-state index is -4.89. The van der Waals surface area contributed by atoms with E-state index in [9.17, 15) is 18.0 Å². The molecule has 6 rings (SSSR count). The fourth-order valence-corrected chi connectivity index (χ4v) is 4.95. The molecule has 0 saturated carbocycles. The molecule has 40 heavy (non-hydrogen) atoms. The Hall–Kier alpha value is -4.64. The van der Waals surface area contributed by atoms with Crippen molar-refractivity contribution in [1.29, 1.82) is 0 Å². The van der Waals surface area contributed by atoms with E-state index in [0.29, 0.717) is 22.7 Å². The lowest BCUT2D eigenvalue weighted by Crippen LogP contribution is -2.18. The van der Waals surface area contributed by atoms with E-state index in [4.69, 9.17) is 5.10 Å². The van der Waals surface area contributed by atoms with Crippen LogP contribution < -0.4 is 10.6 Å². The monoisotopic (exact) mass is 546 g/mol. The molecule has 1 aliphatic rings. The summed E-state index contributed by atoms with van der Waals surface area (Å²) in [6.45, 7) is 0.928. The van der Waals surface area contributed by atoms with Gasteiger partial charge in [0, 0.05) is 29.4 Å². The first-order valence-electron chi connectivity index (χ1n) is 12.6.